The van der Waals surface area contributed by atoms with Gasteiger partial charge in [-0.25, -0.2) is 15.0 Å². The molecule has 0 saturated carbocycles. The molecule has 138 valence electrons. The summed E-state index contributed by atoms with van der Waals surface area (Å²) in [5.41, 5.74) is 2.30. The van der Waals surface area contributed by atoms with E-state index in [-0.39, 0.29) is 12.0 Å². The highest BCUT2D eigenvalue weighted by Crippen LogP contribution is 2.19. The van der Waals surface area contributed by atoms with E-state index >= 15 is 0 Å². The first kappa shape index (κ1) is 18.1. The van der Waals surface area contributed by atoms with Crippen molar-refractivity contribution in [3.63, 3.8) is 0 Å². The lowest BCUT2D eigenvalue weighted by Gasteiger charge is -2.32. The average molecular weight is 356 g/mol. The van der Waals surface area contributed by atoms with Gasteiger partial charge in [0.05, 0.1) is 18.7 Å². The number of hydrogen-bond donors (Lipinski definition) is 0. The fourth-order valence-corrected chi connectivity index (χ4v) is 3.04. The molecule has 1 fully saturated rings. The first-order valence-corrected chi connectivity index (χ1v) is 8.92. The maximum absolute atomic E-state index is 12.7. The van der Waals surface area contributed by atoms with Gasteiger partial charge in [0.2, 0.25) is 5.88 Å². The van der Waals surface area contributed by atoms with Gasteiger partial charge in [0.1, 0.15) is 6.10 Å². The Balaban J connectivity index is 1.64. The molecule has 1 unspecified atom stereocenters. The molecule has 7 nitrogen and oxygen atoms in total. The Morgan fingerprint density at radius 2 is 2.04 bits per heavy atom. The summed E-state index contributed by atoms with van der Waals surface area (Å²) in [7, 11) is 0. The van der Waals surface area contributed by atoms with Crippen LogP contribution in [0, 0.1) is 13.8 Å². The van der Waals surface area contributed by atoms with Crippen molar-refractivity contribution in [2.24, 2.45) is 0 Å². The number of nitrogens with zero attached hydrogens (tertiary/aromatic N) is 4. The Labute approximate surface area is 153 Å². The molecule has 1 aliphatic rings. The van der Waals surface area contributed by atoms with E-state index in [1.807, 2.05) is 26.8 Å². The second kappa shape index (κ2) is 8.12. The molecule has 1 amide bonds. The zero-order valence-electron chi connectivity index (χ0n) is 15.4. The summed E-state index contributed by atoms with van der Waals surface area (Å²) in [6, 6.07) is 5.75. The van der Waals surface area contributed by atoms with Crippen LogP contribution in [0.15, 0.2) is 24.4 Å². The van der Waals surface area contributed by atoms with Crippen molar-refractivity contribution in [1.82, 2.24) is 19.9 Å². The largest absolute Gasteiger partial charge is 0.478 e. The minimum Gasteiger partial charge on any atom is -0.478 e. The van der Waals surface area contributed by atoms with Crippen LogP contribution in [0.2, 0.25) is 0 Å². The first-order chi connectivity index (χ1) is 12.5. The fourth-order valence-electron chi connectivity index (χ4n) is 3.04. The lowest BCUT2D eigenvalue weighted by atomic mass is 10.1. The number of amides is 1. The molecule has 7 heteroatoms. The molecule has 3 rings (SSSR count). The van der Waals surface area contributed by atoms with Gasteiger partial charge in [-0.3, -0.25) is 4.79 Å². The van der Waals surface area contributed by atoms with Crippen LogP contribution in [-0.4, -0.2) is 51.6 Å². The van der Waals surface area contributed by atoms with Crippen LogP contribution in [-0.2, 0) is 0 Å². The molecule has 1 saturated heterocycles. The van der Waals surface area contributed by atoms with E-state index in [4.69, 9.17) is 9.47 Å². The molecule has 26 heavy (non-hydrogen) atoms. The van der Waals surface area contributed by atoms with E-state index in [0.29, 0.717) is 37.2 Å². The number of piperidine rings is 1. The number of carbonyl (C=O) groups excluding carboxylic acids is 1. The monoisotopic (exact) mass is 356 g/mol. The number of carbonyl (C=O) groups is 1. The molecule has 3 heterocycles. The summed E-state index contributed by atoms with van der Waals surface area (Å²) in [4.78, 5) is 27.3. The Bertz CT molecular complexity index is 744. The lowest BCUT2D eigenvalue weighted by Crippen LogP contribution is -2.44. The number of rotatable bonds is 5. The Kier molecular flexibility index (Phi) is 5.65. The number of likely N-dealkylation sites (tertiary alicyclic amines) is 1. The van der Waals surface area contributed by atoms with Crippen molar-refractivity contribution >= 4 is 5.91 Å². The normalized spacial score (nSPS) is 17.0. The zero-order chi connectivity index (χ0) is 18.5. The van der Waals surface area contributed by atoms with Crippen LogP contribution in [0.5, 0.6) is 11.9 Å². The highest BCUT2D eigenvalue weighted by Gasteiger charge is 2.26. The highest BCUT2D eigenvalue weighted by atomic mass is 16.5. The molecule has 0 N–H and O–H groups in total. The number of aryl methyl sites for hydroxylation is 2. The second-order valence-corrected chi connectivity index (χ2v) is 6.38. The van der Waals surface area contributed by atoms with Crippen LogP contribution in [0.4, 0.5) is 0 Å². The van der Waals surface area contributed by atoms with Gasteiger partial charge in [0.25, 0.3) is 5.91 Å². The van der Waals surface area contributed by atoms with E-state index in [1.54, 1.807) is 23.2 Å². The van der Waals surface area contributed by atoms with Crippen molar-refractivity contribution in [3.05, 3.63) is 41.3 Å². The van der Waals surface area contributed by atoms with Gasteiger partial charge in [-0.15, -0.1) is 0 Å². The van der Waals surface area contributed by atoms with Gasteiger partial charge in [-0.1, -0.05) is 0 Å². The molecule has 2 aromatic rings. The van der Waals surface area contributed by atoms with Crippen molar-refractivity contribution in [2.45, 2.75) is 39.7 Å². The van der Waals surface area contributed by atoms with E-state index in [2.05, 4.69) is 15.0 Å². The number of hydrogen-bond acceptors (Lipinski definition) is 6. The fraction of sp³-hybridized carbons (Fsp3) is 0.474. The summed E-state index contributed by atoms with van der Waals surface area (Å²) in [5.74, 6) is 0.478. The molecule has 1 aliphatic heterocycles. The third kappa shape index (κ3) is 4.47. The van der Waals surface area contributed by atoms with E-state index in [1.165, 1.54) is 0 Å². The molecular formula is C19H24N4O3. The van der Waals surface area contributed by atoms with Gasteiger partial charge in [0.15, 0.2) is 0 Å². The van der Waals surface area contributed by atoms with Crippen molar-refractivity contribution in [3.8, 4) is 11.9 Å². The van der Waals surface area contributed by atoms with E-state index in [0.717, 1.165) is 24.2 Å². The van der Waals surface area contributed by atoms with Gasteiger partial charge >= 0.3 is 6.01 Å². The van der Waals surface area contributed by atoms with Gasteiger partial charge < -0.3 is 14.4 Å². The maximum Gasteiger partial charge on any atom is 0.317 e. The summed E-state index contributed by atoms with van der Waals surface area (Å²) in [6.07, 6.45) is 3.21. The van der Waals surface area contributed by atoms with Crippen LogP contribution in [0.3, 0.4) is 0 Å². The molecular weight excluding hydrogens is 332 g/mol. The molecule has 0 spiro atoms. The summed E-state index contributed by atoms with van der Waals surface area (Å²) >= 11 is 0. The Morgan fingerprint density at radius 1 is 1.27 bits per heavy atom. The Morgan fingerprint density at radius 3 is 2.69 bits per heavy atom. The standard InChI is InChI=1S/C19H24N4O3/c1-4-25-17-8-7-15(11-20-17)18(24)23-9-5-6-16(12-23)26-19-21-13(2)10-14(3)22-19/h7-8,10-11,16H,4-6,9,12H2,1-3H3. The van der Waals surface area contributed by atoms with Gasteiger partial charge in [-0.05, 0) is 45.7 Å². The van der Waals surface area contributed by atoms with Crippen LogP contribution in [0.25, 0.3) is 0 Å². The molecule has 2 aromatic heterocycles. The lowest BCUT2D eigenvalue weighted by molar-refractivity contribution is 0.0514. The molecule has 0 aromatic carbocycles. The first-order valence-electron chi connectivity index (χ1n) is 8.92. The quantitative estimate of drug-likeness (QED) is 0.819. The molecule has 1 atom stereocenters. The third-order valence-corrected chi connectivity index (χ3v) is 4.17. The minimum absolute atomic E-state index is 0.0461. The molecule has 0 bridgehead atoms. The van der Waals surface area contributed by atoms with Crippen LogP contribution < -0.4 is 9.47 Å². The smallest absolute Gasteiger partial charge is 0.317 e. The predicted molar refractivity (Wildman–Crippen MR) is 96.5 cm³/mol. The van der Waals surface area contributed by atoms with Crippen molar-refractivity contribution < 1.29 is 14.3 Å². The van der Waals surface area contributed by atoms with E-state index in [9.17, 15) is 4.79 Å². The summed E-state index contributed by atoms with van der Waals surface area (Å²) in [5, 5.41) is 0. The topological polar surface area (TPSA) is 77.4 Å². The third-order valence-electron chi connectivity index (χ3n) is 4.17. The maximum atomic E-state index is 12.7. The number of aromatic nitrogens is 3. The van der Waals surface area contributed by atoms with Crippen LogP contribution in [0.1, 0.15) is 41.5 Å². The summed E-state index contributed by atoms with van der Waals surface area (Å²) in [6.45, 7) is 7.50. The van der Waals surface area contributed by atoms with Gasteiger partial charge in [-0.2, -0.15) is 0 Å². The zero-order valence-corrected chi connectivity index (χ0v) is 15.4. The minimum atomic E-state index is -0.107. The van der Waals surface area contributed by atoms with Crippen LogP contribution >= 0.6 is 0 Å². The van der Waals surface area contributed by atoms with Crippen molar-refractivity contribution in [1.29, 1.82) is 0 Å². The van der Waals surface area contributed by atoms with Gasteiger partial charge in [0, 0.05) is 30.2 Å². The van der Waals surface area contributed by atoms with E-state index < -0.39 is 0 Å². The number of pyridine rings is 1. The second-order valence-electron chi connectivity index (χ2n) is 6.38. The number of ether oxygens (including phenoxy) is 2. The molecule has 0 aliphatic carbocycles. The average Bonchev–Trinajstić information content (AvgIpc) is 2.61. The predicted octanol–water partition coefficient (Wildman–Crippen LogP) is 2.57. The Hall–Kier alpha value is -2.70. The SMILES string of the molecule is CCOc1ccc(C(=O)N2CCCC(Oc3nc(C)cc(C)n3)C2)cn1. The summed E-state index contributed by atoms with van der Waals surface area (Å²) < 4.78 is 11.3. The van der Waals surface area contributed by atoms with Crippen molar-refractivity contribution in [2.75, 3.05) is 19.7 Å². The molecule has 0 radical (unpaired) electrons. The highest BCUT2D eigenvalue weighted by molar-refractivity contribution is 5.94.